The molecule has 4 rings (SSSR count). The van der Waals surface area contributed by atoms with Gasteiger partial charge >= 0.3 is 0 Å². The van der Waals surface area contributed by atoms with Crippen molar-refractivity contribution in [1.82, 2.24) is 0 Å². The van der Waals surface area contributed by atoms with Crippen LogP contribution in [0.15, 0.2) is 47.5 Å². The number of hydrogen-bond acceptors (Lipinski definition) is 2. The van der Waals surface area contributed by atoms with E-state index in [1.807, 2.05) is 12.1 Å². The van der Waals surface area contributed by atoms with Crippen LogP contribution in [0.3, 0.4) is 0 Å². The van der Waals surface area contributed by atoms with E-state index >= 15 is 0 Å². The molecule has 1 fully saturated rings. The molecular formula is C20H20ClFN2O. The number of benzene rings is 2. The van der Waals surface area contributed by atoms with E-state index in [4.69, 9.17) is 21.3 Å². The third kappa shape index (κ3) is 3.29. The first-order valence-electron chi connectivity index (χ1n) is 8.58. The Morgan fingerprint density at radius 2 is 1.96 bits per heavy atom. The number of aliphatic imine (C=N–C) groups is 1. The van der Waals surface area contributed by atoms with E-state index in [1.165, 1.54) is 11.6 Å². The van der Waals surface area contributed by atoms with Crippen LogP contribution in [0, 0.1) is 11.2 Å². The lowest BCUT2D eigenvalue weighted by atomic mass is 9.71. The molecule has 2 aliphatic rings. The van der Waals surface area contributed by atoms with Crippen molar-refractivity contribution in [3.05, 3.63) is 64.4 Å². The number of para-hydroxylation sites is 1. The third-order valence-corrected chi connectivity index (χ3v) is 5.46. The fourth-order valence-electron chi connectivity index (χ4n) is 3.70. The van der Waals surface area contributed by atoms with Crippen LogP contribution in [0.2, 0.25) is 5.02 Å². The zero-order chi connectivity index (χ0) is 17.3. The lowest BCUT2D eigenvalue weighted by molar-refractivity contribution is 0.0448. The van der Waals surface area contributed by atoms with Crippen molar-refractivity contribution in [2.24, 2.45) is 10.4 Å². The Kier molecular flexibility index (Phi) is 4.48. The Hall–Kier alpha value is -1.91. The smallest absolute Gasteiger partial charge is 0.142 e. The SMILES string of the molecule is Fc1cc(CN=C2Nc3ccccc3CC23CCOCC3)ccc1Cl. The number of ether oxygens (including phenoxy) is 1. The summed E-state index contributed by atoms with van der Waals surface area (Å²) in [5.74, 6) is 0.590. The van der Waals surface area contributed by atoms with Gasteiger partial charge in [-0.1, -0.05) is 35.9 Å². The lowest BCUT2D eigenvalue weighted by Crippen LogP contribution is -2.45. The molecule has 1 N–H and O–H groups in total. The third-order valence-electron chi connectivity index (χ3n) is 5.16. The highest BCUT2D eigenvalue weighted by atomic mass is 35.5. The Bertz CT molecular complexity index is 815. The molecule has 0 unspecified atom stereocenters. The molecule has 0 radical (unpaired) electrons. The summed E-state index contributed by atoms with van der Waals surface area (Å²) in [6.07, 6.45) is 2.86. The average molecular weight is 359 g/mol. The number of rotatable bonds is 2. The first kappa shape index (κ1) is 16.6. The van der Waals surface area contributed by atoms with Crippen LogP contribution in [0.5, 0.6) is 0 Å². The average Bonchev–Trinajstić information content (AvgIpc) is 2.63. The Morgan fingerprint density at radius 3 is 2.76 bits per heavy atom. The van der Waals surface area contributed by atoms with E-state index < -0.39 is 5.82 Å². The number of nitrogens with zero attached hydrogens (tertiary/aromatic N) is 1. The maximum Gasteiger partial charge on any atom is 0.142 e. The highest BCUT2D eigenvalue weighted by molar-refractivity contribution is 6.30. The minimum atomic E-state index is -0.401. The van der Waals surface area contributed by atoms with Crippen LogP contribution in [0.25, 0.3) is 0 Å². The van der Waals surface area contributed by atoms with Crippen LogP contribution in [-0.4, -0.2) is 19.0 Å². The van der Waals surface area contributed by atoms with Gasteiger partial charge in [0.1, 0.15) is 11.7 Å². The lowest BCUT2D eigenvalue weighted by Gasteiger charge is -2.42. The number of hydrogen-bond donors (Lipinski definition) is 1. The molecular weight excluding hydrogens is 339 g/mol. The van der Waals surface area contributed by atoms with Crippen molar-refractivity contribution >= 4 is 23.1 Å². The summed E-state index contributed by atoms with van der Waals surface area (Å²) in [6, 6.07) is 13.2. The molecule has 0 bridgehead atoms. The summed E-state index contributed by atoms with van der Waals surface area (Å²) in [5.41, 5.74) is 3.23. The van der Waals surface area contributed by atoms with Gasteiger partial charge in [0.25, 0.3) is 0 Å². The van der Waals surface area contributed by atoms with Gasteiger partial charge in [0.05, 0.1) is 11.6 Å². The van der Waals surface area contributed by atoms with Gasteiger partial charge in [-0.25, -0.2) is 4.39 Å². The molecule has 0 atom stereocenters. The second kappa shape index (κ2) is 6.77. The van der Waals surface area contributed by atoms with Gasteiger partial charge in [-0.15, -0.1) is 0 Å². The molecule has 1 spiro atoms. The number of nitrogens with one attached hydrogen (secondary N) is 1. The quantitative estimate of drug-likeness (QED) is 0.833. The number of anilines is 1. The maximum atomic E-state index is 13.7. The van der Waals surface area contributed by atoms with Crippen molar-refractivity contribution in [3.8, 4) is 0 Å². The molecule has 25 heavy (non-hydrogen) atoms. The minimum Gasteiger partial charge on any atom is -0.381 e. The van der Waals surface area contributed by atoms with Gasteiger partial charge in [0.2, 0.25) is 0 Å². The molecule has 0 amide bonds. The largest absolute Gasteiger partial charge is 0.381 e. The van der Waals surface area contributed by atoms with E-state index in [-0.39, 0.29) is 10.4 Å². The van der Waals surface area contributed by atoms with E-state index in [0.29, 0.717) is 6.54 Å². The second-order valence-corrected chi connectivity index (χ2v) is 7.17. The van der Waals surface area contributed by atoms with Gasteiger partial charge in [-0.2, -0.15) is 0 Å². The van der Waals surface area contributed by atoms with Gasteiger partial charge in [-0.05, 0) is 48.6 Å². The van der Waals surface area contributed by atoms with Crippen molar-refractivity contribution in [1.29, 1.82) is 0 Å². The molecule has 2 aliphatic heterocycles. The minimum absolute atomic E-state index is 0.0163. The molecule has 2 aromatic rings. The molecule has 2 heterocycles. The van der Waals surface area contributed by atoms with Crippen LogP contribution in [0.1, 0.15) is 24.0 Å². The molecule has 2 aromatic carbocycles. The molecule has 5 heteroatoms. The fourth-order valence-corrected chi connectivity index (χ4v) is 3.81. The van der Waals surface area contributed by atoms with Crippen LogP contribution >= 0.6 is 11.6 Å². The second-order valence-electron chi connectivity index (χ2n) is 6.76. The fraction of sp³-hybridized carbons (Fsp3) is 0.350. The summed E-state index contributed by atoms with van der Waals surface area (Å²) in [5, 5.41) is 3.67. The molecule has 0 aromatic heterocycles. The van der Waals surface area contributed by atoms with E-state index in [2.05, 4.69) is 23.5 Å². The van der Waals surface area contributed by atoms with Crippen LogP contribution in [0.4, 0.5) is 10.1 Å². The molecule has 130 valence electrons. The highest BCUT2D eigenvalue weighted by Crippen LogP contribution is 2.41. The molecule has 1 saturated heterocycles. The number of halogens is 2. The maximum absolute atomic E-state index is 13.7. The summed E-state index contributed by atoms with van der Waals surface area (Å²) in [4.78, 5) is 4.84. The monoisotopic (exact) mass is 358 g/mol. The zero-order valence-corrected chi connectivity index (χ0v) is 14.7. The Balaban J connectivity index is 1.66. The molecule has 0 saturated carbocycles. The summed E-state index contributed by atoms with van der Waals surface area (Å²) < 4.78 is 19.3. The van der Waals surface area contributed by atoms with Gasteiger partial charge in [0.15, 0.2) is 0 Å². The van der Waals surface area contributed by atoms with E-state index in [1.54, 1.807) is 6.07 Å². The van der Waals surface area contributed by atoms with Gasteiger partial charge in [0, 0.05) is 24.3 Å². The first-order chi connectivity index (χ1) is 12.2. The number of fused-ring (bicyclic) bond motifs is 1. The first-order valence-corrected chi connectivity index (χ1v) is 8.96. The predicted octanol–water partition coefficient (Wildman–Crippen LogP) is 4.84. The summed E-state index contributed by atoms with van der Waals surface area (Å²) in [6.45, 7) is 1.93. The van der Waals surface area contributed by atoms with Crippen molar-refractivity contribution in [2.45, 2.75) is 25.8 Å². The molecule has 0 aliphatic carbocycles. The Morgan fingerprint density at radius 1 is 1.16 bits per heavy atom. The van der Waals surface area contributed by atoms with Crippen LogP contribution < -0.4 is 5.32 Å². The van der Waals surface area contributed by atoms with Gasteiger partial charge in [-0.3, -0.25) is 4.99 Å². The number of amidine groups is 1. The van der Waals surface area contributed by atoms with Crippen molar-refractivity contribution in [2.75, 3.05) is 18.5 Å². The van der Waals surface area contributed by atoms with E-state index in [9.17, 15) is 4.39 Å². The van der Waals surface area contributed by atoms with Gasteiger partial charge < -0.3 is 10.1 Å². The van der Waals surface area contributed by atoms with Crippen molar-refractivity contribution < 1.29 is 9.13 Å². The summed E-state index contributed by atoms with van der Waals surface area (Å²) in [7, 11) is 0. The normalized spacial score (nSPS) is 20.3. The zero-order valence-electron chi connectivity index (χ0n) is 13.9. The standard InChI is InChI=1S/C20H20ClFN2O/c21-16-6-5-14(11-17(16)22)13-23-19-20(7-9-25-10-8-20)12-15-3-1-2-4-18(15)24-19/h1-6,11H,7-10,12-13H2,(H,23,24). The topological polar surface area (TPSA) is 33.6 Å². The summed E-state index contributed by atoms with van der Waals surface area (Å²) >= 11 is 5.77. The van der Waals surface area contributed by atoms with E-state index in [0.717, 1.165) is 49.6 Å². The van der Waals surface area contributed by atoms with Crippen LogP contribution in [-0.2, 0) is 17.7 Å². The highest BCUT2D eigenvalue weighted by Gasteiger charge is 2.41. The predicted molar refractivity (Wildman–Crippen MR) is 98.8 cm³/mol. The Labute approximate surface area is 151 Å². The molecule has 3 nitrogen and oxygen atoms in total. The van der Waals surface area contributed by atoms with Crippen molar-refractivity contribution in [3.63, 3.8) is 0 Å².